The van der Waals surface area contributed by atoms with Gasteiger partial charge in [0.15, 0.2) is 6.61 Å². The van der Waals surface area contributed by atoms with E-state index in [2.05, 4.69) is 10.3 Å². The fourth-order valence-corrected chi connectivity index (χ4v) is 4.08. The molecule has 0 aliphatic carbocycles. The van der Waals surface area contributed by atoms with Crippen molar-refractivity contribution in [2.75, 3.05) is 43.0 Å². The molecule has 8 nitrogen and oxygen atoms in total. The first kappa shape index (κ1) is 23.8. The molecule has 2 aliphatic heterocycles. The summed E-state index contributed by atoms with van der Waals surface area (Å²) < 4.78 is 43.6. The number of aromatic nitrogens is 1. The number of nitrogens with one attached hydrogen (secondary N) is 1. The number of benzene rings is 1. The Morgan fingerprint density at radius 3 is 2.53 bits per heavy atom. The van der Waals surface area contributed by atoms with E-state index in [4.69, 9.17) is 16.3 Å². The average Bonchev–Trinajstić information content (AvgIpc) is 2.81. The maximum Gasteiger partial charge on any atom is 0.417 e. The van der Waals surface area contributed by atoms with Crippen molar-refractivity contribution in [3.8, 4) is 0 Å². The lowest BCUT2D eigenvalue weighted by Gasteiger charge is -2.35. The van der Waals surface area contributed by atoms with Crippen molar-refractivity contribution in [1.82, 2.24) is 9.88 Å². The summed E-state index contributed by atoms with van der Waals surface area (Å²) in [5, 5.41) is 2.61. The Bertz CT molecular complexity index is 1130. The molecule has 0 spiro atoms. The molecule has 1 aromatic carbocycles. The normalized spacial score (nSPS) is 16.1. The van der Waals surface area contributed by atoms with Crippen LogP contribution in [0.2, 0.25) is 5.02 Å². The molecule has 3 heterocycles. The smallest absolute Gasteiger partial charge is 0.417 e. The summed E-state index contributed by atoms with van der Waals surface area (Å²) in [7, 11) is 0. The van der Waals surface area contributed by atoms with E-state index in [0.29, 0.717) is 31.6 Å². The quantitative estimate of drug-likeness (QED) is 0.654. The Balaban J connectivity index is 1.29. The molecule has 34 heavy (non-hydrogen) atoms. The van der Waals surface area contributed by atoms with Crippen molar-refractivity contribution in [3.63, 3.8) is 0 Å². The predicted octanol–water partition coefficient (Wildman–Crippen LogP) is 3.14. The predicted molar refractivity (Wildman–Crippen MR) is 117 cm³/mol. The van der Waals surface area contributed by atoms with Crippen LogP contribution in [0.3, 0.4) is 0 Å². The van der Waals surface area contributed by atoms with Gasteiger partial charge in [-0.05, 0) is 36.2 Å². The van der Waals surface area contributed by atoms with Gasteiger partial charge in [0.25, 0.3) is 5.91 Å². The number of anilines is 2. The van der Waals surface area contributed by atoms with Crippen LogP contribution < -0.4 is 10.2 Å². The molecule has 0 unspecified atom stereocenters. The van der Waals surface area contributed by atoms with Crippen LogP contribution in [-0.4, -0.2) is 60.5 Å². The van der Waals surface area contributed by atoms with Crippen LogP contribution in [0.1, 0.15) is 27.9 Å². The minimum Gasteiger partial charge on any atom is -0.452 e. The number of rotatable bonds is 4. The van der Waals surface area contributed by atoms with Crippen molar-refractivity contribution >= 4 is 40.9 Å². The third kappa shape index (κ3) is 5.24. The Kier molecular flexibility index (Phi) is 6.65. The van der Waals surface area contributed by atoms with E-state index in [1.807, 2.05) is 0 Å². The van der Waals surface area contributed by atoms with E-state index in [-0.39, 0.29) is 41.3 Å². The number of amides is 2. The van der Waals surface area contributed by atoms with Gasteiger partial charge in [0, 0.05) is 44.5 Å². The highest BCUT2D eigenvalue weighted by Crippen LogP contribution is 2.33. The zero-order valence-corrected chi connectivity index (χ0v) is 18.6. The molecule has 0 radical (unpaired) electrons. The van der Waals surface area contributed by atoms with Crippen molar-refractivity contribution in [3.05, 3.63) is 52.2 Å². The maximum absolute atomic E-state index is 12.8. The van der Waals surface area contributed by atoms with E-state index in [1.54, 1.807) is 17.0 Å². The molecule has 180 valence electrons. The second kappa shape index (κ2) is 9.49. The lowest BCUT2D eigenvalue weighted by atomic mass is 10.0. The first-order chi connectivity index (χ1) is 16.1. The van der Waals surface area contributed by atoms with Crippen molar-refractivity contribution in [2.45, 2.75) is 19.0 Å². The Morgan fingerprint density at radius 1 is 1.12 bits per heavy atom. The van der Waals surface area contributed by atoms with E-state index in [9.17, 15) is 27.6 Å². The second-order valence-corrected chi connectivity index (χ2v) is 8.30. The SMILES string of the molecule is O=C1CCc2cc(C(=O)OCC(=O)N3CCN(c4ncc(C(F)(F)F)cc4Cl)CC3)ccc2N1. The van der Waals surface area contributed by atoms with Crippen LogP contribution in [-0.2, 0) is 26.9 Å². The van der Waals surface area contributed by atoms with Gasteiger partial charge in [-0.2, -0.15) is 13.2 Å². The molecule has 1 fully saturated rings. The molecule has 2 aliphatic rings. The number of hydrogen-bond acceptors (Lipinski definition) is 6. The highest BCUT2D eigenvalue weighted by Gasteiger charge is 2.32. The number of esters is 1. The molecule has 1 saturated heterocycles. The summed E-state index contributed by atoms with van der Waals surface area (Å²) in [6.07, 6.45) is -2.95. The van der Waals surface area contributed by atoms with Crippen LogP contribution in [0.5, 0.6) is 0 Å². The number of fused-ring (bicyclic) bond motifs is 1. The summed E-state index contributed by atoms with van der Waals surface area (Å²) in [6, 6.07) is 5.62. The molecule has 2 amide bonds. The van der Waals surface area contributed by atoms with Crippen LogP contribution in [0, 0.1) is 0 Å². The zero-order chi connectivity index (χ0) is 24.5. The molecular weight excluding hydrogens is 477 g/mol. The first-order valence-electron chi connectivity index (χ1n) is 10.5. The maximum atomic E-state index is 12.8. The molecule has 1 aromatic heterocycles. The summed E-state index contributed by atoms with van der Waals surface area (Å²) >= 11 is 6.00. The first-order valence-corrected chi connectivity index (χ1v) is 10.8. The van der Waals surface area contributed by atoms with Crippen molar-refractivity contribution in [2.24, 2.45) is 0 Å². The van der Waals surface area contributed by atoms with E-state index in [0.717, 1.165) is 17.8 Å². The number of carbonyl (C=O) groups is 3. The van der Waals surface area contributed by atoms with Gasteiger partial charge in [-0.15, -0.1) is 0 Å². The number of halogens is 4. The monoisotopic (exact) mass is 496 g/mol. The average molecular weight is 497 g/mol. The number of carbonyl (C=O) groups excluding carboxylic acids is 3. The van der Waals surface area contributed by atoms with E-state index >= 15 is 0 Å². The number of nitrogens with zero attached hydrogens (tertiary/aromatic N) is 3. The zero-order valence-electron chi connectivity index (χ0n) is 17.8. The Labute approximate surface area is 197 Å². The third-order valence-corrected chi connectivity index (χ3v) is 5.92. The third-order valence-electron chi connectivity index (χ3n) is 5.64. The molecule has 0 bridgehead atoms. The van der Waals surface area contributed by atoms with Gasteiger partial charge in [0.05, 0.1) is 16.1 Å². The highest BCUT2D eigenvalue weighted by molar-refractivity contribution is 6.33. The summed E-state index contributed by atoms with van der Waals surface area (Å²) in [4.78, 5) is 43.3. The van der Waals surface area contributed by atoms with Gasteiger partial charge >= 0.3 is 12.1 Å². The molecular formula is C22H20ClF3N4O4. The largest absolute Gasteiger partial charge is 0.452 e. The number of hydrogen-bond donors (Lipinski definition) is 1. The van der Waals surface area contributed by atoms with Crippen molar-refractivity contribution < 1.29 is 32.3 Å². The lowest BCUT2D eigenvalue weighted by molar-refractivity contribution is -0.138. The van der Waals surface area contributed by atoms with Crippen LogP contribution >= 0.6 is 11.6 Å². The van der Waals surface area contributed by atoms with Gasteiger partial charge in [-0.1, -0.05) is 11.6 Å². The topological polar surface area (TPSA) is 91.8 Å². The molecule has 12 heteroatoms. The lowest BCUT2D eigenvalue weighted by Crippen LogP contribution is -2.50. The Morgan fingerprint density at radius 2 is 1.85 bits per heavy atom. The van der Waals surface area contributed by atoms with Gasteiger partial charge in [-0.3, -0.25) is 9.59 Å². The standard InChI is InChI=1S/C22H20ClF3N4O4/c23-16-10-15(22(24,25)26)11-27-20(16)30-7-5-29(6-8-30)19(32)12-34-21(33)14-1-3-17-13(9-14)2-4-18(31)28-17/h1,3,9-11H,2,4-8,12H2,(H,28,31). The summed E-state index contributed by atoms with van der Waals surface area (Å²) in [6.45, 7) is 0.733. The van der Waals surface area contributed by atoms with E-state index in [1.165, 1.54) is 11.0 Å². The van der Waals surface area contributed by atoms with Gasteiger partial charge in [-0.25, -0.2) is 9.78 Å². The van der Waals surface area contributed by atoms with Gasteiger partial charge in [0.1, 0.15) is 5.82 Å². The van der Waals surface area contributed by atoms with Crippen LogP contribution in [0.25, 0.3) is 0 Å². The molecule has 4 rings (SSSR count). The molecule has 2 aromatic rings. The minimum absolute atomic E-state index is 0.0788. The van der Waals surface area contributed by atoms with Gasteiger partial charge in [0.2, 0.25) is 5.91 Å². The van der Waals surface area contributed by atoms with Gasteiger partial charge < -0.3 is 19.9 Å². The summed E-state index contributed by atoms with van der Waals surface area (Å²) in [5.41, 5.74) is 0.840. The Hall–Kier alpha value is -3.34. The number of ether oxygens (including phenoxy) is 1. The van der Waals surface area contributed by atoms with Crippen molar-refractivity contribution in [1.29, 1.82) is 0 Å². The minimum atomic E-state index is -4.53. The number of alkyl halides is 3. The fraction of sp³-hybridized carbons (Fsp3) is 0.364. The fourth-order valence-electron chi connectivity index (χ4n) is 3.80. The number of aryl methyl sites for hydroxylation is 1. The number of piperazine rings is 1. The second-order valence-electron chi connectivity index (χ2n) is 7.89. The number of pyridine rings is 1. The molecule has 0 atom stereocenters. The van der Waals surface area contributed by atoms with Crippen LogP contribution in [0.15, 0.2) is 30.5 Å². The molecule has 0 saturated carbocycles. The van der Waals surface area contributed by atoms with Crippen LogP contribution in [0.4, 0.5) is 24.7 Å². The highest BCUT2D eigenvalue weighted by atomic mass is 35.5. The summed E-state index contributed by atoms with van der Waals surface area (Å²) in [5.74, 6) is -0.890. The van der Waals surface area contributed by atoms with E-state index < -0.39 is 24.3 Å². The molecule has 1 N–H and O–H groups in total.